The molecule has 0 unspecified atom stereocenters. The molecule has 6 nitrogen and oxygen atoms in total. The average molecular weight is 424 g/mol. The minimum Gasteiger partial charge on any atom is -0.403 e. The van der Waals surface area contributed by atoms with E-state index in [4.69, 9.17) is 0 Å². The zero-order valence-electron chi connectivity index (χ0n) is 14.1. The molecule has 0 N–H and O–H groups in total. The maximum absolute atomic E-state index is 4.26. The second-order valence-electron chi connectivity index (χ2n) is 5.66. The third-order valence-electron chi connectivity index (χ3n) is 3.88. The van der Waals surface area contributed by atoms with E-state index in [1.807, 2.05) is 50.6 Å². The van der Waals surface area contributed by atoms with Gasteiger partial charge in [-0.2, -0.15) is 0 Å². The van der Waals surface area contributed by atoms with E-state index in [9.17, 15) is 0 Å². The van der Waals surface area contributed by atoms with E-state index < -0.39 is 7.12 Å². The van der Waals surface area contributed by atoms with Crippen LogP contribution in [0.15, 0.2) is 79.7 Å². The van der Waals surface area contributed by atoms with Crippen LogP contribution >= 0.6 is 0 Å². The standard InChI is InChI=1S/C9H10BN6.C8H12.Rh/c1-4-11-14(7-1)10(15-8-2-5-12-15)16-9-3-6-13-16;1-2-4-6-8-7-5-3-1;/h1-10H;1-2,7-8H,3-6H2;/q-1;;/b;2-1-,8-7-;. The first-order valence-corrected chi connectivity index (χ1v) is 8.40. The largest absolute Gasteiger partial charge is 0.403 e. The van der Waals surface area contributed by atoms with Gasteiger partial charge in [0.1, 0.15) is 0 Å². The molecule has 3 heterocycles. The second kappa shape index (κ2) is 10.6. The van der Waals surface area contributed by atoms with Gasteiger partial charge >= 0.3 is 7.12 Å². The number of allylic oxidation sites excluding steroid dienone is 4. The van der Waals surface area contributed by atoms with Gasteiger partial charge in [-0.3, -0.25) is 0 Å². The molecule has 0 saturated heterocycles. The van der Waals surface area contributed by atoms with Gasteiger partial charge in [0.2, 0.25) is 0 Å². The minimum atomic E-state index is -1.12. The monoisotopic (exact) mass is 424 g/mol. The van der Waals surface area contributed by atoms with Gasteiger partial charge in [0.05, 0.1) is 0 Å². The molecule has 1 aliphatic rings. The second-order valence-corrected chi connectivity index (χ2v) is 5.66. The van der Waals surface area contributed by atoms with Crippen LogP contribution in [-0.2, 0) is 19.5 Å². The summed E-state index contributed by atoms with van der Waals surface area (Å²) in [4.78, 5) is 0. The van der Waals surface area contributed by atoms with Gasteiger partial charge in [0.25, 0.3) is 0 Å². The van der Waals surface area contributed by atoms with Crippen LogP contribution in [-0.4, -0.2) is 36.2 Å². The molecule has 0 aliphatic heterocycles. The summed E-state index contributed by atoms with van der Waals surface area (Å²) in [6.07, 6.45) is 25.0. The van der Waals surface area contributed by atoms with Crippen molar-refractivity contribution < 1.29 is 19.5 Å². The summed E-state index contributed by atoms with van der Waals surface area (Å²) >= 11 is 0. The Morgan fingerprint density at radius 2 is 0.880 bits per heavy atom. The Labute approximate surface area is 161 Å². The molecule has 3 aromatic heterocycles. The molecule has 3 aromatic rings. The zero-order chi connectivity index (χ0) is 16.5. The molecular formula is C17H22BN6Rh-. The first kappa shape index (κ1) is 19.1. The van der Waals surface area contributed by atoms with Gasteiger partial charge < -0.3 is 13.8 Å². The fourth-order valence-electron chi connectivity index (χ4n) is 2.70. The number of rotatable bonds is 3. The third-order valence-corrected chi connectivity index (χ3v) is 3.88. The molecule has 0 saturated carbocycles. The fraction of sp³-hybridized carbons (Fsp3) is 0.235. The fourth-order valence-corrected chi connectivity index (χ4v) is 2.70. The van der Waals surface area contributed by atoms with E-state index in [2.05, 4.69) is 39.6 Å². The average Bonchev–Trinajstić information content (AvgIpc) is 3.33. The molecule has 0 fully saturated rings. The van der Waals surface area contributed by atoms with Crippen LogP contribution in [0, 0.1) is 0 Å². The van der Waals surface area contributed by atoms with Crippen molar-refractivity contribution in [2.75, 3.05) is 0 Å². The zero-order valence-corrected chi connectivity index (χ0v) is 15.7. The first-order valence-electron chi connectivity index (χ1n) is 8.40. The summed E-state index contributed by atoms with van der Waals surface area (Å²) < 4.78 is 5.62. The Kier molecular flexibility index (Phi) is 8.12. The predicted octanol–water partition coefficient (Wildman–Crippen LogP) is 2.61. The summed E-state index contributed by atoms with van der Waals surface area (Å²) in [7, 11) is -1.12. The summed E-state index contributed by atoms with van der Waals surface area (Å²) in [5, 5.41) is 12.8. The van der Waals surface area contributed by atoms with E-state index >= 15 is 0 Å². The number of hydrogen-bond acceptors (Lipinski definition) is 3. The van der Waals surface area contributed by atoms with Crippen molar-refractivity contribution in [3.05, 3.63) is 79.7 Å². The SMILES string of the molecule is C1=C\CC/C=C\CC/1.[Rh].c1cnn([BH-](n2cccn2)n2cccn2)c1. The van der Waals surface area contributed by atoms with Crippen LogP contribution in [0.4, 0.5) is 0 Å². The molecule has 8 heteroatoms. The van der Waals surface area contributed by atoms with Gasteiger partial charge in [-0.15, -0.1) is 0 Å². The Morgan fingerprint density at radius 3 is 1.12 bits per heavy atom. The topological polar surface area (TPSA) is 53.5 Å². The molecule has 1 radical (unpaired) electrons. The molecule has 4 rings (SSSR count). The maximum atomic E-state index is 4.26. The Bertz CT molecular complexity index is 627. The van der Waals surface area contributed by atoms with Crippen LogP contribution in [0.1, 0.15) is 25.7 Å². The van der Waals surface area contributed by atoms with Crippen molar-refractivity contribution in [2.45, 2.75) is 25.7 Å². The molecule has 133 valence electrons. The minimum absolute atomic E-state index is 0. The van der Waals surface area contributed by atoms with Crippen LogP contribution in [0.2, 0.25) is 0 Å². The molecule has 0 atom stereocenters. The summed E-state index contributed by atoms with van der Waals surface area (Å²) in [6.45, 7) is 0. The Balaban J connectivity index is 0.000000214. The van der Waals surface area contributed by atoms with Crippen molar-refractivity contribution in [2.24, 2.45) is 0 Å². The van der Waals surface area contributed by atoms with Crippen molar-refractivity contribution in [3.8, 4) is 0 Å². The maximum Gasteiger partial charge on any atom is 0.325 e. The molecule has 0 amide bonds. The van der Waals surface area contributed by atoms with Crippen LogP contribution < -0.4 is 0 Å². The van der Waals surface area contributed by atoms with Crippen molar-refractivity contribution in [1.29, 1.82) is 0 Å². The molecular weight excluding hydrogens is 402 g/mol. The number of aromatic nitrogens is 6. The van der Waals surface area contributed by atoms with Crippen LogP contribution in [0.25, 0.3) is 0 Å². The van der Waals surface area contributed by atoms with E-state index in [-0.39, 0.29) is 19.5 Å². The van der Waals surface area contributed by atoms with E-state index in [0.717, 1.165) is 0 Å². The Hall–Kier alpha value is -2.20. The van der Waals surface area contributed by atoms with Gasteiger partial charge in [-0.25, -0.2) is 15.3 Å². The quantitative estimate of drug-likeness (QED) is 0.480. The van der Waals surface area contributed by atoms with Gasteiger partial charge in [-0.05, 0) is 62.5 Å². The summed E-state index contributed by atoms with van der Waals surface area (Å²) in [6, 6.07) is 5.69. The van der Waals surface area contributed by atoms with Crippen LogP contribution in [0.5, 0.6) is 0 Å². The number of hydrogen-bond donors (Lipinski definition) is 0. The molecule has 0 aromatic carbocycles. The van der Waals surface area contributed by atoms with Crippen molar-refractivity contribution in [3.63, 3.8) is 0 Å². The van der Waals surface area contributed by atoms with Crippen molar-refractivity contribution >= 4 is 7.12 Å². The third kappa shape index (κ3) is 5.68. The molecule has 25 heavy (non-hydrogen) atoms. The molecule has 0 bridgehead atoms. The van der Waals surface area contributed by atoms with Gasteiger partial charge in [-0.1, -0.05) is 24.3 Å². The van der Waals surface area contributed by atoms with Gasteiger partial charge in [0, 0.05) is 38.1 Å². The van der Waals surface area contributed by atoms with Gasteiger partial charge in [0.15, 0.2) is 0 Å². The van der Waals surface area contributed by atoms with E-state index in [0.29, 0.717) is 0 Å². The predicted molar refractivity (Wildman–Crippen MR) is 96.8 cm³/mol. The normalized spacial score (nSPS) is 16.0. The Morgan fingerprint density at radius 1 is 0.560 bits per heavy atom. The summed E-state index contributed by atoms with van der Waals surface area (Å²) in [5.74, 6) is 0. The summed E-state index contributed by atoms with van der Waals surface area (Å²) in [5.41, 5.74) is 0. The van der Waals surface area contributed by atoms with Crippen molar-refractivity contribution in [1.82, 2.24) is 29.1 Å². The smallest absolute Gasteiger partial charge is 0.325 e. The molecule has 0 spiro atoms. The first-order chi connectivity index (χ1) is 11.9. The van der Waals surface area contributed by atoms with E-state index in [1.54, 1.807) is 18.6 Å². The molecule has 1 aliphatic carbocycles. The number of nitrogens with zero attached hydrogens (tertiary/aromatic N) is 6. The van der Waals surface area contributed by atoms with E-state index in [1.165, 1.54) is 25.7 Å². The van der Waals surface area contributed by atoms with Crippen LogP contribution in [0.3, 0.4) is 0 Å².